The van der Waals surface area contributed by atoms with Gasteiger partial charge >= 0.3 is 0 Å². The van der Waals surface area contributed by atoms with Gasteiger partial charge in [-0.3, -0.25) is 0 Å². The van der Waals surface area contributed by atoms with Crippen molar-refractivity contribution in [3.63, 3.8) is 0 Å². The van der Waals surface area contributed by atoms with Gasteiger partial charge < -0.3 is 0 Å². The van der Waals surface area contributed by atoms with Crippen LogP contribution in [0.15, 0.2) is 133 Å². The highest BCUT2D eigenvalue weighted by atomic mass is 14.0. The minimum absolute atomic E-state index is 1.14. The summed E-state index contributed by atoms with van der Waals surface area (Å²) in [5.41, 5.74) is 10.8. The van der Waals surface area contributed by atoms with E-state index in [1.807, 2.05) is 107 Å². The van der Waals surface area contributed by atoms with Gasteiger partial charge in [-0.2, -0.15) is 0 Å². The van der Waals surface area contributed by atoms with Gasteiger partial charge in [-0.25, -0.2) is 0 Å². The van der Waals surface area contributed by atoms with Crippen LogP contribution in [-0.4, -0.2) is 0 Å². The van der Waals surface area contributed by atoms with Crippen molar-refractivity contribution in [3.8, 4) is 11.1 Å². The Morgan fingerprint density at radius 2 is 0.471 bits per heavy atom. The minimum Gasteiger partial charge on any atom is -0.0683 e. The Kier molecular flexibility index (Phi) is 51.0. The lowest BCUT2D eigenvalue weighted by Gasteiger charge is -2.02. The molecule has 0 radical (unpaired) electrons. The van der Waals surface area contributed by atoms with E-state index in [2.05, 4.69) is 151 Å². The van der Waals surface area contributed by atoms with E-state index in [1.54, 1.807) is 0 Å². The molecule has 0 aliphatic heterocycles. The van der Waals surface area contributed by atoms with Crippen LogP contribution in [0.1, 0.15) is 137 Å². The van der Waals surface area contributed by atoms with Crippen LogP contribution >= 0.6 is 0 Å². The van der Waals surface area contributed by atoms with Gasteiger partial charge in [-0.05, 0) is 67.9 Å². The van der Waals surface area contributed by atoms with E-state index < -0.39 is 0 Å². The van der Waals surface area contributed by atoms with E-state index >= 15 is 0 Å². The van der Waals surface area contributed by atoms with Crippen molar-refractivity contribution >= 4 is 0 Å². The molecule has 0 heteroatoms. The van der Waals surface area contributed by atoms with Gasteiger partial charge in [-0.15, -0.1) is 0 Å². The molecule has 0 amide bonds. The minimum atomic E-state index is 1.14. The predicted octanol–water partition coefficient (Wildman–Crippen LogP) is 17.2. The summed E-state index contributed by atoms with van der Waals surface area (Å²) in [4.78, 5) is 0. The Hall–Kier alpha value is -3.90. The molecule has 0 aliphatic carbocycles. The van der Waals surface area contributed by atoms with E-state index in [-0.39, 0.29) is 0 Å². The number of benzene rings is 5. The Balaban J connectivity index is -0.000000171. The van der Waals surface area contributed by atoms with Crippen LogP contribution < -0.4 is 0 Å². The lowest BCUT2D eigenvalue weighted by Crippen LogP contribution is -1.81. The van der Waals surface area contributed by atoms with Crippen LogP contribution in [0.5, 0.6) is 0 Å². The van der Waals surface area contributed by atoms with Crippen molar-refractivity contribution in [3.05, 3.63) is 167 Å². The molecule has 0 atom stereocenters. The van der Waals surface area contributed by atoms with Crippen LogP contribution in [0.25, 0.3) is 11.1 Å². The van der Waals surface area contributed by atoms with Gasteiger partial charge in [0.05, 0.1) is 0 Å². The molecule has 0 spiro atoms. The highest BCUT2D eigenvalue weighted by Crippen LogP contribution is 2.19. The summed E-state index contributed by atoms with van der Waals surface area (Å²) >= 11 is 0. The monoisotopic (exact) mass is 695 g/mol. The number of hydrogen-bond donors (Lipinski definition) is 0. The second-order valence-corrected chi connectivity index (χ2v) is 9.75. The maximum Gasteiger partial charge on any atom is -0.0184 e. The second kappa shape index (κ2) is 46.1. The van der Waals surface area contributed by atoms with E-state index in [1.165, 1.54) is 44.5 Å². The molecule has 5 rings (SSSR count). The first-order valence-corrected chi connectivity index (χ1v) is 20.2. The molecule has 5 aromatic carbocycles. The van der Waals surface area contributed by atoms with E-state index in [0.29, 0.717) is 0 Å². The largest absolute Gasteiger partial charge is 0.0683 e. The third-order valence-electron chi connectivity index (χ3n) is 6.47. The van der Waals surface area contributed by atoms with Crippen molar-refractivity contribution in [2.45, 2.75) is 144 Å². The number of hydrogen-bond acceptors (Lipinski definition) is 0. The summed E-state index contributed by atoms with van der Waals surface area (Å²) in [7, 11) is 0. The third-order valence-corrected chi connectivity index (χ3v) is 6.47. The van der Waals surface area contributed by atoms with Gasteiger partial charge in [0.15, 0.2) is 0 Å². The summed E-state index contributed by atoms with van der Waals surface area (Å²) in [6.45, 7) is 36.8. The van der Waals surface area contributed by atoms with Crippen molar-refractivity contribution in [1.29, 1.82) is 0 Å². The molecule has 0 aromatic heterocycles. The second-order valence-electron chi connectivity index (χ2n) is 9.75. The highest BCUT2D eigenvalue weighted by Gasteiger charge is 1.95. The van der Waals surface area contributed by atoms with Crippen LogP contribution in [0.2, 0.25) is 0 Å². The Bertz CT molecular complexity index is 1200. The van der Waals surface area contributed by atoms with E-state index in [9.17, 15) is 0 Å². The zero-order chi connectivity index (χ0) is 40.3. The maximum atomic E-state index is 2.21. The molecule has 0 nitrogen and oxygen atoms in total. The molecule has 0 fully saturated rings. The third kappa shape index (κ3) is 33.0. The first kappa shape index (κ1) is 56.5. The predicted molar refractivity (Wildman–Crippen MR) is 242 cm³/mol. The zero-order valence-corrected chi connectivity index (χ0v) is 36.8. The van der Waals surface area contributed by atoms with E-state index in [4.69, 9.17) is 0 Å². The van der Waals surface area contributed by atoms with Crippen molar-refractivity contribution < 1.29 is 0 Å². The molecular formula is C51H82. The molecule has 51 heavy (non-hydrogen) atoms. The topological polar surface area (TPSA) is 0 Å². The molecule has 0 saturated carbocycles. The Morgan fingerprint density at radius 3 is 0.667 bits per heavy atom. The average Bonchev–Trinajstić information content (AvgIpc) is 3.24. The summed E-state index contributed by atoms with van der Waals surface area (Å²) in [6, 6.07) is 46.8. The maximum absolute atomic E-state index is 2.21. The summed E-state index contributed by atoms with van der Waals surface area (Å²) < 4.78 is 0. The average molecular weight is 695 g/mol. The smallest absolute Gasteiger partial charge is 0.0184 e. The Labute approximate surface area is 320 Å². The molecule has 0 heterocycles. The molecule has 0 bridgehead atoms. The van der Waals surface area contributed by atoms with Crippen molar-refractivity contribution in [2.24, 2.45) is 0 Å². The quantitative estimate of drug-likeness (QED) is 0.176. The molecule has 5 aromatic rings. The molecule has 286 valence electrons. The summed E-state index contributed by atoms with van der Waals surface area (Å²) in [5.74, 6) is 0. The lowest BCUT2D eigenvalue weighted by molar-refractivity contribution is 1.10. The lowest BCUT2D eigenvalue weighted by atomic mass is 10.0. The highest BCUT2D eigenvalue weighted by molar-refractivity contribution is 5.63. The summed E-state index contributed by atoms with van der Waals surface area (Å²) in [6.07, 6.45) is 3.43. The van der Waals surface area contributed by atoms with Gasteiger partial charge in [0, 0.05) is 0 Å². The van der Waals surface area contributed by atoms with Crippen molar-refractivity contribution in [2.75, 3.05) is 0 Å². The molecule has 0 aliphatic rings. The summed E-state index contributed by atoms with van der Waals surface area (Å²) in [5, 5.41) is 0. The standard InChI is InChI=1S/C14H14.C10H14.C8H10.C7H8.6C2H6/c1-11-3-7-13(8-4-11)14-9-5-12(2)6-10-14;1-3-9-5-7-10(4-2)8-6-9;1-2-8-6-4-3-5-7-8;1-7-5-3-2-4-6-7;6*1-2/h3-10H,1-2H3;5-8H,3-4H2,1-2H3;3-7H,2H2,1H3;2-6H,1H3;6*1-2H3. The molecule has 0 N–H and O–H groups in total. The fourth-order valence-electron chi connectivity index (χ4n) is 3.75. The van der Waals surface area contributed by atoms with Gasteiger partial charge in [0.25, 0.3) is 0 Å². The SMILES string of the molecule is CC.CC.CC.CC.CC.CC.CCc1ccc(CC)cc1.CCc1ccccc1.Cc1ccc(-c2ccc(C)cc2)cc1.Cc1ccccc1. The van der Waals surface area contributed by atoms with Crippen LogP contribution in [0.4, 0.5) is 0 Å². The fourth-order valence-corrected chi connectivity index (χ4v) is 3.75. The van der Waals surface area contributed by atoms with Crippen LogP contribution in [0.3, 0.4) is 0 Å². The Morgan fingerprint density at radius 1 is 0.255 bits per heavy atom. The first-order chi connectivity index (χ1) is 24.9. The normalized spacial score (nSPS) is 8.04. The number of aryl methyl sites for hydroxylation is 6. The van der Waals surface area contributed by atoms with Gasteiger partial charge in [0.2, 0.25) is 0 Å². The van der Waals surface area contributed by atoms with Gasteiger partial charge in [0.1, 0.15) is 0 Å². The zero-order valence-electron chi connectivity index (χ0n) is 36.8. The number of rotatable bonds is 4. The molecule has 0 unspecified atom stereocenters. The van der Waals surface area contributed by atoms with Crippen LogP contribution in [0, 0.1) is 20.8 Å². The first-order valence-electron chi connectivity index (χ1n) is 20.2. The molecule has 0 saturated heterocycles. The van der Waals surface area contributed by atoms with Gasteiger partial charge in [-0.1, -0.05) is 254 Å². The fraction of sp³-hybridized carbons (Fsp3) is 0.412. The van der Waals surface area contributed by atoms with Crippen molar-refractivity contribution in [1.82, 2.24) is 0 Å². The molecular weight excluding hydrogens is 613 g/mol. The van der Waals surface area contributed by atoms with Crippen LogP contribution in [-0.2, 0) is 19.3 Å². The van der Waals surface area contributed by atoms with E-state index in [0.717, 1.165) is 19.3 Å².